The lowest BCUT2D eigenvalue weighted by Crippen LogP contribution is -2.51. The number of nitrogens with zero attached hydrogens (tertiary/aromatic N) is 2. The third-order valence-electron chi connectivity index (χ3n) is 5.44. The topological polar surface area (TPSA) is 85.5 Å². The average Bonchev–Trinajstić information content (AvgIpc) is 3.28. The number of H-pyrrole nitrogens is 1. The maximum Gasteiger partial charge on any atom is 0.322 e. The zero-order valence-electron chi connectivity index (χ0n) is 17.8. The van der Waals surface area contributed by atoms with Crippen molar-refractivity contribution in [1.82, 2.24) is 14.6 Å². The predicted molar refractivity (Wildman–Crippen MR) is 139 cm³/mol. The number of urea groups is 1. The summed E-state index contributed by atoms with van der Waals surface area (Å²) in [4.78, 5) is 18.0. The van der Waals surface area contributed by atoms with Gasteiger partial charge in [-0.05, 0) is 63.2 Å². The first kappa shape index (κ1) is 24.9. The first-order valence-electron chi connectivity index (χ1n) is 10.2. The van der Waals surface area contributed by atoms with Crippen molar-refractivity contribution in [2.75, 3.05) is 18.0 Å². The molecule has 13 heteroatoms. The number of hydrogen-bond acceptors (Lipinski definition) is 6. The molecule has 7 nitrogen and oxygen atoms in total. The quantitative estimate of drug-likeness (QED) is 0.366. The van der Waals surface area contributed by atoms with Crippen LogP contribution in [0.3, 0.4) is 0 Å². The van der Waals surface area contributed by atoms with Crippen LogP contribution in [0, 0.1) is 3.95 Å². The zero-order valence-corrected chi connectivity index (χ0v) is 22.6. The lowest BCUT2D eigenvalue weighted by atomic mass is 10.1. The second-order valence-electron chi connectivity index (χ2n) is 7.98. The summed E-state index contributed by atoms with van der Waals surface area (Å²) in [6.45, 7) is 4.48. The number of thiazole rings is 1. The fourth-order valence-electron chi connectivity index (χ4n) is 3.86. The van der Waals surface area contributed by atoms with Crippen LogP contribution in [0.4, 0.5) is 10.5 Å². The number of sulfonamides is 1. The van der Waals surface area contributed by atoms with E-state index in [-0.39, 0.29) is 40.4 Å². The Kier molecular flexibility index (Phi) is 7.40. The van der Waals surface area contributed by atoms with Crippen LogP contribution >= 0.6 is 58.1 Å². The van der Waals surface area contributed by atoms with Gasteiger partial charge in [0, 0.05) is 30.9 Å². The van der Waals surface area contributed by atoms with Gasteiger partial charge in [-0.1, -0.05) is 23.2 Å². The summed E-state index contributed by atoms with van der Waals surface area (Å²) >= 11 is 19.7. The highest BCUT2D eigenvalue weighted by Crippen LogP contribution is 2.36. The molecule has 2 aromatic heterocycles. The first-order chi connectivity index (χ1) is 15.6. The van der Waals surface area contributed by atoms with Crippen LogP contribution in [0.15, 0.2) is 29.2 Å². The molecule has 0 saturated carbocycles. The Morgan fingerprint density at radius 1 is 1.24 bits per heavy atom. The van der Waals surface area contributed by atoms with Gasteiger partial charge < -0.3 is 10.3 Å². The molecule has 2 amide bonds. The van der Waals surface area contributed by atoms with Gasteiger partial charge >= 0.3 is 6.03 Å². The van der Waals surface area contributed by atoms with Gasteiger partial charge in [0.05, 0.1) is 14.6 Å². The Bertz CT molecular complexity index is 1340. The van der Waals surface area contributed by atoms with Crippen molar-refractivity contribution < 1.29 is 13.2 Å². The van der Waals surface area contributed by atoms with E-state index in [1.165, 1.54) is 21.7 Å². The van der Waals surface area contributed by atoms with Crippen molar-refractivity contribution in [2.24, 2.45) is 0 Å². The molecule has 0 aliphatic carbocycles. The number of halogens is 2. The Hall–Kier alpha value is -1.21. The first-order valence-corrected chi connectivity index (χ1v) is 14.5. The molecule has 1 saturated heterocycles. The van der Waals surface area contributed by atoms with E-state index in [1.807, 2.05) is 32.0 Å². The van der Waals surface area contributed by atoms with E-state index < -0.39 is 10.0 Å². The Labute approximate surface area is 215 Å². The molecule has 2 N–H and O–H groups in total. The molecule has 0 spiro atoms. The molecule has 1 aliphatic heterocycles. The smallest absolute Gasteiger partial charge is 0.322 e. The van der Waals surface area contributed by atoms with Gasteiger partial charge in [-0.2, -0.15) is 4.31 Å². The molecular weight excluding hydrogens is 543 g/mol. The number of thiophene rings is 1. The van der Waals surface area contributed by atoms with E-state index >= 15 is 0 Å². The molecule has 1 aromatic carbocycles. The van der Waals surface area contributed by atoms with Crippen LogP contribution < -0.4 is 10.2 Å². The van der Waals surface area contributed by atoms with Gasteiger partial charge in [0.25, 0.3) is 0 Å². The average molecular weight is 566 g/mol. The number of carbonyl (C=O) groups excluding carboxylic acids is 1. The van der Waals surface area contributed by atoms with Crippen LogP contribution in [0.5, 0.6) is 0 Å². The van der Waals surface area contributed by atoms with Crippen LogP contribution in [-0.4, -0.2) is 48.9 Å². The van der Waals surface area contributed by atoms with E-state index in [1.54, 1.807) is 4.90 Å². The largest absolute Gasteiger partial charge is 0.337 e. The number of rotatable bonds is 5. The summed E-state index contributed by atoms with van der Waals surface area (Å²) in [5.41, 5.74) is 1.72. The second kappa shape index (κ2) is 9.80. The third kappa shape index (κ3) is 5.24. The van der Waals surface area contributed by atoms with Crippen molar-refractivity contribution >= 4 is 90.1 Å². The van der Waals surface area contributed by atoms with Crippen molar-refractivity contribution in [3.05, 3.63) is 36.9 Å². The van der Waals surface area contributed by atoms with Crippen molar-refractivity contribution in [2.45, 2.75) is 43.7 Å². The number of benzene rings is 1. The molecule has 1 aliphatic rings. The minimum atomic E-state index is -3.72. The summed E-state index contributed by atoms with van der Waals surface area (Å²) in [5, 5.41) is 3.07. The SMILES string of the molecule is CC(C)N(C(=O)NC1CCN(S(=O)(=O)c2cc(Cl)sc2Cl)CC1)c1ccc2[nH]c(=S)sc2c1. The Morgan fingerprint density at radius 3 is 2.55 bits per heavy atom. The number of amides is 2. The molecule has 178 valence electrons. The normalized spacial score (nSPS) is 15.9. The fourth-order valence-corrected chi connectivity index (χ4v) is 8.59. The molecule has 0 unspecified atom stereocenters. The lowest BCUT2D eigenvalue weighted by Gasteiger charge is -2.34. The molecule has 3 aromatic rings. The standard InChI is InChI=1S/C20H22Cl2N4O3S4/c1-11(2)26(13-3-4-14-15(9-13)31-20(30)24-14)19(27)23-12-5-7-25(8-6-12)33(28,29)16-10-17(21)32-18(16)22/h3-4,9-12H,5-8H2,1-2H3,(H,23,27)(H,24,30). The van der Waals surface area contributed by atoms with Gasteiger partial charge in [-0.15, -0.1) is 22.7 Å². The molecule has 0 radical (unpaired) electrons. The van der Waals surface area contributed by atoms with Crippen LogP contribution in [-0.2, 0) is 10.0 Å². The summed E-state index contributed by atoms with van der Waals surface area (Å²) in [5.74, 6) is 0. The fraction of sp³-hybridized carbons (Fsp3) is 0.400. The second-order valence-corrected chi connectivity index (χ2v) is 13.9. The predicted octanol–water partition coefficient (Wildman–Crippen LogP) is 6.10. The van der Waals surface area contributed by atoms with Crippen LogP contribution in [0.1, 0.15) is 26.7 Å². The van der Waals surface area contributed by atoms with Gasteiger partial charge in [0.2, 0.25) is 10.0 Å². The Balaban J connectivity index is 1.44. The molecule has 0 atom stereocenters. The molecular formula is C20H22Cl2N4O3S4. The van der Waals surface area contributed by atoms with E-state index in [0.717, 1.165) is 27.2 Å². The minimum Gasteiger partial charge on any atom is -0.337 e. The molecule has 4 rings (SSSR count). The number of carbonyl (C=O) groups is 1. The van der Waals surface area contributed by atoms with Crippen LogP contribution in [0.2, 0.25) is 8.67 Å². The van der Waals surface area contributed by atoms with Crippen molar-refractivity contribution in [1.29, 1.82) is 0 Å². The number of piperidine rings is 1. The molecule has 0 bridgehead atoms. The summed E-state index contributed by atoms with van der Waals surface area (Å²) < 4.78 is 29.4. The van der Waals surface area contributed by atoms with E-state index in [4.69, 9.17) is 35.4 Å². The number of hydrogen-bond donors (Lipinski definition) is 2. The van der Waals surface area contributed by atoms with E-state index in [2.05, 4.69) is 10.3 Å². The van der Waals surface area contributed by atoms with E-state index in [0.29, 0.717) is 21.1 Å². The summed E-state index contributed by atoms with van der Waals surface area (Å²) in [7, 11) is -3.72. The van der Waals surface area contributed by atoms with Gasteiger partial charge in [-0.25, -0.2) is 13.2 Å². The molecule has 1 fully saturated rings. The van der Waals surface area contributed by atoms with Gasteiger partial charge in [0.15, 0.2) is 3.95 Å². The number of anilines is 1. The molecule has 3 heterocycles. The number of nitrogens with one attached hydrogen (secondary N) is 2. The lowest BCUT2D eigenvalue weighted by molar-refractivity contribution is 0.231. The van der Waals surface area contributed by atoms with E-state index in [9.17, 15) is 13.2 Å². The highest BCUT2D eigenvalue weighted by atomic mass is 35.5. The number of aromatic amines is 1. The third-order valence-corrected chi connectivity index (χ3v) is 10.3. The van der Waals surface area contributed by atoms with Gasteiger partial charge in [0.1, 0.15) is 9.23 Å². The van der Waals surface area contributed by atoms with Gasteiger partial charge in [-0.3, -0.25) is 4.90 Å². The maximum absolute atomic E-state index is 13.2. The number of fused-ring (bicyclic) bond motifs is 1. The highest BCUT2D eigenvalue weighted by molar-refractivity contribution is 7.89. The van der Waals surface area contributed by atoms with Crippen LogP contribution in [0.25, 0.3) is 10.2 Å². The minimum absolute atomic E-state index is 0.0380. The maximum atomic E-state index is 13.2. The zero-order chi connectivity index (χ0) is 23.9. The summed E-state index contributed by atoms with van der Waals surface area (Å²) in [6.07, 6.45) is 1.01. The molecule has 33 heavy (non-hydrogen) atoms. The van der Waals surface area contributed by atoms with Crippen molar-refractivity contribution in [3.63, 3.8) is 0 Å². The highest BCUT2D eigenvalue weighted by Gasteiger charge is 2.33. The Morgan fingerprint density at radius 2 is 1.94 bits per heavy atom. The van der Waals surface area contributed by atoms with Crippen molar-refractivity contribution in [3.8, 4) is 0 Å². The monoisotopic (exact) mass is 564 g/mol. The number of aromatic nitrogens is 1. The summed E-state index contributed by atoms with van der Waals surface area (Å²) in [6, 6.07) is 6.74.